The Balaban J connectivity index is 3.35. The van der Waals surface area contributed by atoms with Crippen LogP contribution in [0.25, 0.3) is 0 Å². The van der Waals surface area contributed by atoms with Crippen molar-refractivity contribution < 1.29 is 4.79 Å². The van der Waals surface area contributed by atoms with Crippen molar-refractivity contribution in [3.8, 4) is 0 Å². The van der Waals surface area contributed by atoms with Crippen LogP contribution in [0, 0.1) is 0 Å². The van der Waals surface area contributed by atoms with Gasteiger partial charge in [-0.3, -0.25) is 0 Å². The first-order chi connectivity index (χ1) is 3.85. The van der Waals surface area contributed by atoms with Crippen molar-refractivity contribution in [3.63, 3.8) is 0 Å². The Morgan fingerprint density at radius 2 is 2.50 bits per heavy atom. The Kier molecular flexibility index (Phi) is 4.76. The van der Waals surface area contributed by atoms with Gasteiger partial charge < -0.3 is 4.79 Å². The summed E-state index contributed by atoms with van der Waals surface area (Å²) in [4.78, 5) is 9.87. The predicted molar refractivity (Wildman–Crippen MR) is 38.2 cm³/mol. The molecule has 0 aromatic rings. The molecule has 2 heteroatoms. The number of carbonyl (C=O) groups is 1. The first kappa shape index (κ1) is 7.76. The maximum atomic E-state index is 9.87. The second kappa shape index (κ2) is 4.91. The lowest BCUT2D eigenvalue weighted by molar-refractivity contribution is -0.107. The number of aldehydes is 1. The number of hydrogen-bond acceptors (Lipinski definition) is 2. The first-order valence-electron chi connectivity index (χ1n) is 2.44. The second-order valence-corrected chi connectivity index (χ2v) is 2.49. The summed E-state index contributed by atoms with van der Waals surface area (Å²) in [7, 11) is 0. The van der Waals surface area contributed by atoms with Gasteiger partial charge in [0.25, 0.3) is 0 Å². The Morgan fingerprint density at radius 3 is 2.62 bits per heavy atom. The standard InChI is InChI=1S/C6H10OS/c1-3-6(8-2)4-5-7/h3,5-6H,1,4H2,2H3. The van der Waals surface area contributed by atoms with Crippen LogP contribution >= 0.6 is 11.8 Å². The normalized spacial score (nSPS) is 12.6. The smallest absolute Gasteiger partial charge is 0.121 e. The molecule has 0 aliphatic carbocycles. The van der Waals surface area contributed by atoms with E-state index in [-0.39, 0.29) is 0 Å². The van der Waals surface area contributed by atoms with Gasteiger partial charge in [0.1, 0.15) is 6.29 Å². The molecule has 0 bridgehead atoms. The Labute approximate surface area is 54.2 Å². The number of hydrogen-bond donors (Lipinski definition) is 0. The molecule has 0 amide bonds. The summed E-state index contributed by atoms with van der Waals surface area (Å²) in [6.45, 7) is 3.57. The van der Waals surface area contributed by atoms with Crippen LogP contribution in [-0.4, -0.2) is 17.8 Å². The molecule has 0 heterocycles. The van der Waals surface area contributed by atoms with E-state index in [9.17, 15) is 4.79 Å². The minimum atomic E-state index is 0.312. The first-order valence-corrected chi connectivity index (χ1v) is 3.73. The molecule has 0 rings (SSSR count). The minimum absolute atomic E-state index is 0.312. The highest BCUT2D eigenvalue weighted by Crippen LogP contribution is 2.08. The zero-order valence-electron chi connectivity index (χ0n) is 4.96. The summed E-state index contributed by atoms with van der Waals surface area (Å²) >= 11 is 1.65. The Morgan fingerprint density at radius 1 is 1.88 bits per heavy atom. The molecular weight excluding hydrogens is 120 g/mol. The van der Waals surface area contributed by atoms with Crippen LogP contribution in [-0.2, 0) is 4.79 Å². The Bertz CT molecular complexity index is 80.6. The molecule has 0 aromatic heterocycles. The number of carbonyl (C=O) groups excluding carboxylic acids is 1. The van der Waals surface area contributed by atoms with Gasteiger partial charge in [0, 0.05) is 11.7 Å². The number of thioether (sulfide) groups is 1. The molecule has 0 aliphatic heterocycles. The quantitative estimate of drug-likeness (QED) is 0.423. The van der Waals surface area contributed by atoms with Gasteiger partial charge in [-0.05, 0) is 6.26 Å². The molecular formula is C6H10OS. The lowest BCUT2D eigenvalue weighted by atomic mass is 10.3. The van der Waals surface area contributed by atoms with E-state index in [0.29, 0.717) is 11.7 Å². The average molecular weight is 130 g/mol. The molecule has 46 valence electrons. The van der Waals surface area contributed by atoms with Gasteiger partial charge in [0.15, 0.2) is 0 Å². The van der Waals surface area contributed by atoms with Gasteiger partial charge in [-0.15, -0.1) is 6.58 Å². The third-order valence-electron chi connectivity index (χ3n) is 0.894. The molecule has 8 heavy (non-hydrogen) atoms. The summed E-state index contributed by atoms with van der Waals surface area (Å²) in [6, 6.07) is 0. The van der Waals surface area contributed by atoms with E-state index in [1.165, 1.54) is 0 Å². The lowest BCUT2D eigenvalue weighted by Gasteiger charge is -2.00. The highest BCUT2D eigenvalue weighted by atomic mass is 32.2. The predicted octanol–water partition coefficient (Wildman–Crippen LogP) is 1.49. The number of rotatable bonds is 4. The molecule has 1 unspecified atom stereocenters. The van der Waals surface area contributed by atoms with E-state index in [1.807, 2.05) is 6.26 Å². The molecule has 0 aromatic carbocycles. The third-order valence-corrected chi connectivity index (χ3v) is 1.88. The monoisotopic (exact) mass is 130 g/mol. The van der Waals surface area contributed by atoms with Crippen molar-refractivity contribution >= 4 is 18.0 Å². The fraction of sp³-hybridized carbons (Fsp3) is 0.500. The fourth-order valence-electron chi connectivity index (χ4n) is 0.384. The zero-order valence-corrected chi connectivity index (χ0v) is 5.78. The van der Waals surface area contributed by atoms with Crippen molar-refractivity contribution in [3.05, 3.63) is 12.7 Å². The summed E-state index contributed by atoms with van der Waals surface area (Å²) in [5, 5.41) is 0.312. The van der Waals surface area contributed by atoms with Crippen LogP contribution in [0.15, 0.2) is 12.7 Å². The lowest BCUT2D eigenvalue weighted by Crippen LogP contribution is -1.95. The van der Waals surface area contributed by atoms with Gasteiger partial charge in [0.05, 0.1) is 0 Å². The van der Waals surface area contributed by atoms with Crippen molar-refractivity contribution in [1.29, 1.82) is 0 Å². The summed E-state index contributed by atoms with van der Waals surface area (Å²) < 4.78 is 0. The van der Waals surface area contributed by atoms with E-state index >= 15 is 0 Å². The van der Waals surface area contributed by atoms with Gasteiger partial charge in [0.2, 0.25) is 0 Å². The molecule has 1 atom stereocenters. The van der Waals surface area contributed by atoms with Gasteiger partial charge >= 0.3 is 0 Å². The Hall–Kier alpha value is -0.240. The van der Waals surface area contributed by atoms with Crippen LogP contribution in [0.4, 0.5) is 0 Å². The van der Waals surface area contributed by atoms with E-state index in [0.717, 1.165) is 6.29 Å². The highest BCUT2D eigenvalue weighted by molar-refractivity contribution is 7.99. The molecule has 0 spiro atoms. The van der Waals surface area contributed by atoms with Crippen LogP contribution in [0.2, 0.25) is 0 Å². The van der Waals surface area contributed by atoms with Crippen LogP contribution in [0.5, 0.6) is 0 Å². The molecule has 0 aliphatic rings. The van der Waals surface area contributed by atoms with Crippen molar-refractivity contribution in [2.45, 2.75) is 11.7 Å². The van der Waals surface area contributed by atoms with Crippen molar-refractivity contribution in [2.75, 3.05) is 6.26 Å². The van der Waals surface area contributed by atoms with Gasteiger partial charge in [-0.2, -0.15) is 11.8 Å². The third kappa shape index (κ3) is 2.86. The van der Waals surface area contributed by atoms with E-state index in [2.05, 4.69) is 6.58 Å². The van der Waals surface area contributed by atoms with E-state index < -0.39 is 0 Å². The van der Waals surface area contributed by atoms with Crippen molar-refractivity contribution in [1.82, 2.24) is 0 Å². The molecule has 0 fully saturated rings. The molecule has 1 nitrogen and oxygen atoms in total. The minimum Gasteiger partial charge on any atom is -0.303 e. The molecule has 0 radical (unpaired) electrons. The van der Waals surface area contributed by atoms with Crippen molar-refractivity contribution in [2.24, 2.45) is 0 Å². The maximum absolute atomic E-state index is 9.87. The van der Waals surface area contributed by atoms with Gasteiger partial charge in [-0.1, -0.05) is 6.08 Å². The summed E-state index contributed by atoms with van der Waals surface area (Å²) in [5.74, 6) is 0. The topological polar surface area (TPSA) is 17.1 Å². The van der Waals surface area contributed by atoms with Crippen LogP contribution in [0.1, 0.15) is 6.42 Å². The largest absolute Gasteiger partial charge is 0.303 e. The van der Waals surface area contributed by atoms with E-state index in [4.69, 9.17) is 0 Å². The average Bonchev–Trinajstić information content (AvgIpc) is 1.83. The summed E-state index contributed by atoms with van der Waals surface area (Å²) in [5.41, 5.74) is 0. The van der Waals surface area contributed by atoms with E-state index in [1.54, 1.807) is 17.8 Å². The van der Waals surface area contributed by atoms with Crippen LogP contribution in [0.3, 0.4) is 0 Å². The highest BCUT2D eigenvalue weighted by Gasteiger charge is 1.96. The fourth-order valence-corrected chi connectivity index (χ4v) is 0.847. The zero-order chi connectivity index (χ0) is 6.41. The van der Waals surface area contributed by atoms with Gasteiger partial charge in [-0.25, -0.2) is 0 Å². The second-order valence-electron chi connectivity index (χ2n) is 1.41. The summed E-state index contributed by atoms with van der Waals surface area (Å²) in [6.07, 6.45) is 5.27. The van der Waals surface area contributed by atoms with Crippen LogP contribution < -0.4 is 0 Å². The maximum Gasteiger partial charge on any atom is 0.121 e. The molecule has 0 saturated carbocycles. The molecule has 0 N–H and O–H groups in total. The molecule has 0 saturated heterocycles. The SMILES string of the molecule is C=CC(CC=O)SC.